The number of rotatable bonds is 6. The molecule has 0 fully saturated rings. The molecule has 0 unspecified atom stereocenters. The fourth-order valence-corrected chi connectivity index (χ4v) is 2.54. The molecule has 0 aliphatic rings. The first kappa shape index (κ1) is 16.0. The molecule has 0 aliphatic heterocycles. The fraction of sp³-hybridized carbons (Fsp3) is 0.125. The number of ether oxygens (including phenoxy) is 1. The highest BCUT2D eigenvalue weighted by atomic mass is 32.2. The third-order valence-corrected chi connectivity index (χ3v) is 4.00. The number of methoxy groups -OCH3 is 1. The summed E-state index contributed by atoms with van der Waals surface area (Å²) in [5.74, 6) is 1.03. The summed E-state index contributed by atoms with van der Waals surface area (Å²) in [7, 11) is 1.61. The summed E-state index contributed by atoms with van der Waals surface area (Å²) in [5.41, 5.74) is 0.554. The first-order valence-electron chi connectivity index (χ1n) is 7.06. The van der Waals surface area contributed by atoms with E-state index in [0.29, 0.717) is 5.69 Å². The summed E-state index contributed by atoms with van der Waals surface area (Å²) in [5, 5.41) is 10.2. The van der Waals surface area contributed by atoms with Crippen molar-refractivity contribution in [1.82, 2.24) is 15.2 Å². The SMILES string of the molecule is COc1ccc(SCC(=O)Nc2nnc(-c3ccccn3)o2)cc1. The first-order chi connectivity index (χ1) is 11.7. The van der Waals surface area contributed by atoms with E-state index in [1.807, 2.05) is 30.3 Å². The van der Waals surface area contributed by atoms with Crippen LogP contribution in [0.2, 0.25) is 0 Å². The van der Waals surface area contributed by atoms with Gasteiger partial charge in [0, 0.05) is 11.1 Å². The van der Waals surface area contributed by atoms with E-state index in [2.05, 4.69) is 20.5 Å². The maximum Gasteiger partial charge on any atom is 0.322 e. The summed E-state index contributed by atoms with van der Waals surface area (Å²) < 4.78 is 10.5. The van der Waals surface area contributed by atoms with Crippen molar-refractivity contribution in [2.45, 2.75) is 4.90 Å². The zero-order chi connectivity index (χ0) is 16.8. The highest BCUT2D eigenvalue weighted by Gasteiger charge is 2.12. The van der Waals surface area contributed by atoms with E-state index < -0.39 is 0 Å². The Hall–Kier alpha value is -2.87. The lowest BCUT2D eigenvalue weighted by Crippen LogP contribution is -2.14. The van der Waals surface area contributed by atoms with Crippen molar-refractivity contribution in [2.24, 2.45) is 0 Å². The zero-order valence-corrected chi connectivity index (χ0v) is 13.6. The molecule has 24 heavy (non-hydrogen) atoms. The fourth-order valence-electron chi connectivity index (χ4n) is 1.84. The molecule has 1 amide bonds. The van der Waals surface area contributed by atoms with E-state index in [4.69, 9.17) is 9.15 Å². The lowest BCUT2D eigenvalue weighted by Gasteiger charge is -2.03. The van der Waals surface area contributed by atoms with Crippen molar-refractivity contribution in [3.63, 3.8) is 0 Å². The summed E-state index contributed by atoms with van der Waals surface area (Å²) in [6.45, 7) is 0. The largest absolute Gasteiger partial charge is 0.497 e. The van der Waals surface area contributed by atoms with Gasteiger partial charge in [0.05, 0.1) is 12.9 Å². The molecule has 0 saturated heterocycles. The van der Waals surface area contributed by atoms with Crippen molar-refractivity contribution in [1.29, 1.82) is 0 Å². The Labute approximate surface area is 142 Å². The number of carbonyl (C=O) groups excluding carboxylic acids is 1. The summed E-state index contributed by atoms with van der Waals surface area (Å²) in [6.07, 6.45) is 1.63. The number of carbonyl (C=O) groups is 1. The van der Waals surface area contributed by atoms with Crippen LogP contribution in [-0.2, 0) is 4.79 Å². The minimum Gasteiger partial charge on any atom is -0.497 e. The van der Waals surface area contributed by atoms with Gasteiger partial charge in [-0.15, -0.1) is 16.9 Å². The smallest absolute Gasteiger partial charge is 0.322 e. The van der Waals surface area contributed by atoms with E-state index in [0.717, 1.165) is 10.6 Å². The lowest BCUT2D eigenvalue weighted by atomic mass is 10.3. The van der Waals surface area contributed by atoms with Gasteiger partial charge in [0.1, 0.15) is 11.4 Å². The molecule has 3 aromatic rings. The Bertz CT molecular complexity index is 806. The van der Waals surface area contributed by atoms with E-state index in [9.17, 15) is 4.79 Å². The van der Waals surface area contributed by atoms with Crippen LogP contribution in [0.3, 0.4) is 0 Å². The topological polar surface area (TPSA) is 90.1 Å². The summed E-state index contributed by atoms with van der Waals surface area (Å²) in [4.78, 5) is 17.0. The van der Waals surface area contributed by atoms with Crippen LogP contribution in [0.4, 0.5) is 6.01 Å². The lowest BCUT2D eigenvalue weighted by molar-refractivity contribution is -0.113. The van der Waals surface area contributed by atoms with Crippen LogP contribution in [0.5, 0.6) is 5.75 Å². The maximum absolute atomic E-state index is 12.0. The van der Waals surface area contributed by atoms with Crippen molar-refractivity contribution < 1.29 is 13.9 Å². The number of aromatic nitrogens is 3. The van der Waals surface area contributed by atoms with Gasteiger partial charge in [-0.2, -0.15) is 0 Å². The number of benzene rings is 1. The monoisotopic (exact) mass is 342 g/mol. The molecule has 0 radical (unpaired) electrons. The van der Waals surface area contributed by atoms with Crippen LogP contribution in [0.15, 0.2) is 58.0 Å². The van der Waals surface area contributed by atoms with Crippen LogP contribution in [0, 0.1) is 0 Å². The molecule has 0 saturated carbocycles. The predicted octanol–water partition coefficient (Wildman–Crippen LogP) is 2.87. The van der Waals surface area contributed by atoms with E-state index in [1.165, 1.54) is 11.8 Å². The molecule has 2 aromatic heterocycles. The maximum atomic E-state index is 12.0. The van der Waals surface area contributed by atoms with Gasteiger partial charge in [-0.1, -0.05) is 11.2 Å². The van der Waals surface area contributed by atoms with Gasteiger partial charge >= 0.3 is 6.01 Å². The zero-order valence-electron chi connectivity index (χ0n) is 12.8. The minimum atomic E-state index is -0.230. The minimum absolute atomic E-state index is 0.0518. The number of anilines is 1. The molecule has 0 bridgehead atoms. The standard InChI is InChI=1S/C16H14N4O3S/c1-22-11-5-7-12(8-6-11)24-10-14(21)18-16-20-19-15(23-16)13-4-2-3-9-17-13/h2-9H,10H2,1H3,(H,18,20,21). The van der Waals surface area contributed by atoms with E-state index in [1.54, 1.807) is 25.4 Å². The van der Waals surface area contributed by atoms with E-state index in [-0.39, 0.29) is 23.6 Å². The number of pyridine rings is 1. The number of thioether (sulfide) groups is 1. The van der Waals surface area contributed by atoms with Gasteiger partial charge < -0.3 is 9.15 Å². The average molecular weight is 342 g/mol. The van der Waals surface area contributed by atoms with Crippen LogP contribution < -0.4 is 10.1 Å². The average Bonchev–Trinajstić information content (AvgIpc) is 3.09. The van der Waals surface area contributed by atoms with Crippen LogP contribution in [0.1, 0.15) is 0 Å². The van der Waals surface area contributed by atoms with Crippen molar-refractivity contribution in [3.8, 4) is 17.3 Å². The number of hydrogen-bond donors (Lipinski definition) is 1. The highest BCUT2D eigenvalue weighted by molar-refractivity contribution is 8.00. The van der Waals surface area contributed by atoms with Crippen molar-refractivity contribution in [3.05, 3.63) is 48.7 Å². The number of nitrogens with one attached hydrogen (secondary N) is 1. The quantitative estimate of drug-likeness (QED) is 0.689. The number of nitrogens with zero attached hydrogens (tertiary/aromatic N) is 3. The van der Waals surface area contributed by atoms with E-state index >= 15 is 0 Å². The summed E-state index contributed by atoms with van der Waals surface area (Å²) >= 11 is 1.40. The molecule has 0 aliphatic carbocycles. The Kier molecular flexibility index (Phi) is 5.07. The second-order valence-corrected chi connectivity index (χ2v) is 5.69. The highest BCUT2D eigenvalue weighted by Crippen LogP contribution is 2.22. The Morgan fingerprint density at radius 2 is 2.04 bits per heavy atom. The normalized spacial score (nSPS) is 10.4. The van der Waals surface area contributed by atoms with Crippen molar-refractivity contribution >= 4 is 23.7 Å². The second-order valence-electron chi connectivity index (χ2n) is 4.64. The van der Waals surface area contributed by atoms with Gasteiger partial charge in [-0.25, -0.2) is 0 Å². The Morgan fingerprint density at radius 3 is 2.75 bits per heavy atom. The summed E-state index contributed by atoms with van der Waals surface area (Å²) in [6, 6.07) is 12.9. The molecule has 1 N–H and O–H groups in total. The van der Waals surface area contributed by atoms with Gasteiger partial charge in [0.15, 0.2) is 0 Å². The third kappa shape index (κ3) is 4.11. The van der Waals surface area contributed by atoms with Crippen molar-refractivity contribution in [2.75, 3.05) is 18.2 Å². The molecule has 8 heteroatoms. The van der Waals surface area contributed by atoms with Crippen LogP contribution >= 0.6 is 11.8 Å². The number of hydrogen-bond acceptors (Lipinski definition) is 7. The molecule has 1 aromatic carbocycles. The molecular weight excluding hydrogens is 328 g/mol. The Morgan fingerprint density at radius 1 is 1.21 bits per heavy atom. The third-order valence-electron chi connectivity index (χ3n) is 2.98. The van der Waals surface area contributed by atoms with Crippen LogP contribution in [-0.4, -0.2) is 34.0 Å². The molecule has 2 heterocycles. The molecule has 7 nitrogen and oxygen atoms in total. The molecular formula is C16H14N4O3S. The molecule has 122 valence electrons. The number of amides is 1. The van der Waals surface area contributed by atoms with Gasteiger partial charge in [0.25, 0.3) is 5.89 Å². The second kappa shape index (κ2) is 7.60. The molecule has 0 spiro atoms. The van der Waals surface area contributed by atoms with Gasteiger partial charge in [-0.05, 0) is 36.4 Å². The first-order valence-corrected chi connectivity index (χ1v) is 8.05. The van der Waals surface area contributed by atoms with Gasteiger partial charge in [0.2, 0.25) is 5.91 Å². The predicted molar refractivity (Wildman–Crippen MR) is 89.9 cm³/mol. The Balaban J connectivity index is 1.54. The van der Waals surface area contributed by atoms with Crippen LogP contribution in [0.25, 0.3) is 11.6 Å². The molecule has 0 atom stereocenters. The molecule has 3 rings (SSSR count). The van der Waals surface area contributed by atoms with Gasteiger partial charge in [-0.3, -0.25) is 15.1 Å².